The zero-order valence-corrected chi connectivity index (χ0v) is 10.3. The van der Waals surface area contributed by atoms with Crippen LogP contribution in [0.15, 0.2) is 10.7 Å². The molecule has 0 radical (unpaired) electrons. The molecular weight excluding hydrogens is 284 g/mol. The van der Waals surface area contributed by atoms with E-state index in [0.717, 1.165) is 6.07 Å². The van der Waals surface area contributed by atoms with E-state index in [9.17, 15) is 13.6 Å². The lowest BCUT2D eigenvalue weighted by atomic mass is 10.1. The van der Waals surface area contributed by atoms with Crippen LogP contribution in [0.3, 0.4) is 0 Å². The Morgan fingerprint density at radius 3 is 2.75 bits per heavy atom. The second-order valence-electron chi connectivity index (χ2n) is 3.03. The molecule has 0 bridgehead atoms. The molecule has 0 amide bonds. The molecule has 16 heavy (non-hydrogen) atoms. The van der Waals surface area contributed by atoms with Gasteiger partial charge in [-0.2, -0.15) is 0 Å². The van der Waals surface area contributed by atoms with E-state index in [1.165, 1.54) is 0 Å². The molecule has 1 heterocycles. The van der Waals surface area contributed by atoms with Gasteiger partial charge in [0.1, 0.15) is 10.3 Å². The SMILES string of the molecule is CCOC(=O)c1cc(C(F)F)nc(Br)c1C. The molecule has 0 saturated carbocycles. The maximum Gasteiger partial charge on any atom is 0.338 e. The number of esters is 1. The monoisotopic (exact) mass is 293 g/mol. The number of halogens is 3. The van der Waals surface area contributed by atoms with Crippen LogP contribution in [0, 0.1) is 6.92 Å². The summed E-state index contributed by atoms with van der Waals surface area (Å²) in [5.41, 5.74) is 0.155. The van der Waals surface area contributed by atoms with E-state index < -0.39 is 18.1 Å². The number of hydrogen-bond acceptors (Lipinski definition) is 3. The third kappa shape index (κ3) is 2.75. The lowest BCUT2D eigenvalue weighted by Crippen LogP contribution is -2.09. The molecular formula is C10H10BrF2NO2. The van der Waals surface area contributed by atoms with Crippen LogP contribution in [-0.2, 0) is 4.74 Å². The molecule has 1 rings (SSSR count). The predicted molar refractivity (Wildman–Crippen MR) is 57.6 cm³/mol. The molecule has 1 aromatic rings. The summed E-state index contributed by atoms with van der Waals surface area (Å²) in [5.74, 6) is -0.620. The van der Waals surface area contributed by atoms with Crippen LogP contribution in [-0.4, -0.2) is 17.6 Å². The fraction of sp³-hybridized carbons (Fsp3) is 0.400. The fourth-order valence-electron chi connectivity index (χ4n) is 1.13. The van der Waals surface area contributed by atoms with Gasteiger partial charge in [0.25, 0.3) is 6.43 Å². The van der Waals surface area contributed by atoms with Crippen molar-refractivity contribution in [1.29, 1.82) is 0 Å². The highest BCUT2D eigenvalue weighted by Crippen LogP contribution is 2.25. The Balaban J connectivity index is 3.21. The van der Waals surface area contributed by atoms with Crippen molar-refractivity contribution in [2.75, 3.05) is 6.61 Å². The normalized spacial score (nSPS) is 10.6. The number of alkyl halides is 2. The number of nitrogens with zero attached hydrogens (tertiary/aromatic N) is 1. The van der Waals surface area contributed by atoms with Gasteiger partial charge in [-0.3, -0.25) is 0 Å². The van der Waals surface area contributed by atoms with Crippen molar-refractivity contribution in [3.8, 4) is 0 Å². The first-order valence-corrected chi connectivity index (χ1v) is 5.39. The van der Waals surface area contributed by atoms with E-state index in [0.29, 0.717) is 5.56 Å². The summed E-state index contributed by atoms with van der Waals surface area (Å²) in [6.07, 6.45) is -2.72. The number of aromatic nitrogens is 1. The minimum atomic E-state index is -2.72. The highest BCUT2D eigenvalue weighted by atomic mass is 79.9. The molecule has 0 aliphatic rings. The summed E-state index contributed by atoms with van der Waals surface area (Å²) in [6, 6.07) is 1.06. The molecule has 0 aromatic carbocycles. The predicted octanol–water partition coefficient (Wildman–Crippen LogP) is 3.27. The topological polar surface area (TPSA) is 39.2 Å². The first-order valence-electron chi connectivity index (χ1n) is 4.59. The minimum absolute atomic E-state index is 0.110. The highest BCUT2D eigenvalue weighted by Gasteiger charge is 2.18. The van der Waals surface area contributed by atoms with Crippen molar-refractivity contribution in [3.05, 3.63) is 27.5 Å². The number of rotatable bonds is 3. The molecule has 0 fully saturated rings. The van der Waals surface area contributed by atoms with Gasteiger partial charge < -0.3 is 4.74 Å². The van der Waals surface area contributed by atoms with Gasteiger partial charge in [-0.1, -0.05) is 0 Å². The zero-order valence-electron chi connectivity index (χ0n) is 8.76. The Morgan fingerprint density at radius 1 is 1.62 bits per heavy atom. The van der Waals surface area contributed by atoms with Gasteiger partial charge in [-0.25, -0.2) is 18.6 Å². The summed E-state index contributed by atoms with van der Waals surface area (Å²) < 4.78 is 29.9. The summed E-state index contributed by atoms with van der Waals surface area (Å²) in [5, 5.41) is 0. The van der Waals surface area contributed by atoms with Gasteiger partial charge in [-0.05, 0) is 41.4 Å². The van der Waals surface area contributed by atoms with E-state index in [-0.39, 0.29) is 16.8 Å². The molecule has 0 saturated heterocycles. The number of hydrogen-bond donors (Lipinski definition) is 0. The van der Waals surface area contributed by atoms with Gasteiger partial charge in [0.2, 0.25) is 0 Å². The lowest BCUT2D eigenvalue weighted by Gasteiger charge is -2.09. The number of carbonyl (C=O) groups is 1. The van der Waals surface area contributed by atoms with Gasteiger partial charge in [0, 0.05) is 0 Å². The van der Waals surface area contributed by atoms with E-state index in [4.69, 9.17) is 4.74 Å². The Bertz CT molecular complexity index is 410. The molecule has 0 atom stereocenters. The van der Waals surface area contributed by atoms with Gasteiger partial charge >= 0.3 is 5.97 Å². The Morgan fingerprint density at radius 2 is 2.25 bits per heavy atom. The maximum absolute atomic E-state index is 12.5. The third-order valence-electron chi connectivity index (χ3n) is 1.95. The minimum Gasteiger partial charge on any atom is -0.462 e. The number of pyridine rings is 1. The van der Waals surface area contributed by atoms with Crippen LogP contribution in [0.25, 0.3) is 0 Å². The Labute approximate surface area is 99.9 Å². The second-order valence-corrected chi connectivity index (χ2v) is 3.78. The lowest BCUT2D eigenvalue weighted by molar-refractivity contribution is 0.0524. The van der Waals surface area contributed by atoms with E-state index in [1.54, 1.807) is 13.8 Å². The summed E-state index contributed by atoms with van der Waals surface area (Å²) >= 11 is 3.03. The smallest absolute Gasteiger partial charge is 0.338 e. The van der Waals surface area contributed by atoms with Crippen LogP contribution < -0.4 is 0 Å². The molecule has 0 aliphatic heterocycles. The zero-order chi connectivity index (χ0) is 12.3. The summed E-state index contributed by atoms with van der Waals surface area (Å²) in [6.45, 7) is 3.46. The molecule has 0 N–H and O–H groups in total. The van der Waals surface area contributed by atoms with Gasteiger partial charge in [-0.15, -0.1) is 0 Å². The second kappa shape index (κ2) is 5.34. The first-order chi connectivity index (χ1) is 7.47. The van der Waals surface area contributed by atoms with Crippen LogP contribution in [0.1, 0.15) is 35.0 Å². The van der Waals surface area contributed by atoms with Crippen molar-refractivity contribution in [1.82, 2.24) is 4.98 Å². The molecule has 0 unspecified atom stereocenters. The first kappa shape index (κ1) is 13.0. The van der Waals surface area contributed by atoms with Crippen molar-refractivity contribution < 1.29 is 18.3 Å². The average Bonchev–Trinajstić information content (AvgIpc) is 2.21. The average molecular weight is 294 g/mol. The van der Waals surface area contributed by atoms with Gasteiger partial charge in [0.15, 0.2) is 0 Å². The fourth-order valence-corrected chi connectivity index (χ4v) is 1.55. The van der Waals surface area contributed by atoms with E-state index in [1.807, 2.05) is 0 Å². The Kier molecular flexibility index (Phi) is 4.35. The summed E-state index contributed by atoms with van der Waals surface area (Å²) in [7, 11) is 0. The molecule has 1 aromatic heterocycles. The van der Waals surface area contributed by atoms with Crippen molar-refractivity contribution in [3.63, 3.8) is 0 Å². The van der Waals surface area contributed by atoms with Crippen molar-refractivity contribution >= 4 is 21.9 Å². The van der Waals surface area contributed by atoms with Crippen LogP contribution in [0.5, 0.6) is 0 Å². The standard InChI is InChI=1S/C10H10BrF2NO2/c1-3-16-10(15)6-4-7(9(12)13)14-8(11)5(6)2/h4,9H,3H2,1-2H3. The van der Waals surface area contributed by atoms with Crippen LogP contribution >= 0.6 is 15.9 Å². The van der Waals surface area contributed by atoms with Crippen LogP contribution in [0.2, 0.25) is 0 Å². The molecule has 0 aliphatic carbocycles. The number of ether oxygens (including phenoxy) is 1. The number of carbonyl (C=O) groups excluding carboxylic acids is 1. The molecule has 0 spiro atoms. The van der Waals surface area contributed by atoms with Gasteiger partial charge in [0.05, 0.1) is 12.2 Å². The molecule has 3 nitrogen and oxygen atoms in total. The maximum atomic E-state index is 12.5. The Hall–Kier alpha value is -1.04. The molecule has 6 heteroatoms. The van der Waals surface area contributed by atoms with Crippen LogP contribution in [0.4, 0.5) is 8.78 Å². The van der Waals surface area contributed by atoms with Crippen molar-refractivity contribution in [2.45, 2.75) is 20.3 Å². The van der Waals surface area contributed by atoms with E-state index >= 15 is 0 Å². The quantitative estimate of drug-likeness (QED) is 0.634. The highest BCUT2D eigenvalue weighted by molar-refractivity contribution is 9.10. The van der Waals surface area contributed by atoms with E-state index in [2.05, 4.69) is 20.9 Å². The molecule has 88 valence electrons. The third-order valence-corrected chi connectivity index (χ3v) is 2.72. The largest absolute Gasteiger partial charge is 0.462 e. The van der Waals surface area contributed by atoms with Crippen molar-refractivity contribution in [2.24, 2.45) is 0 Å². The summed E-state index contributed by atoms with van der Waals surface area (Å²) in [4.78, 5) is 15.1.